The van der Waals surface area contributed by atoms with Crippen molar-refractivity contribution in [1.29, 1.82) is 0 Å². The van der Waals surface area contributed by atoms with Crippen LogP contribution in [0.15, 0.2) is 76.7 Å². The van der Waals surface area contributed by atoms with Crippen molar-refractivity contribution in [2.75, 3.05) is 4.90 Å². The van der Waals surface area contributed by atoms with Gasteiger partial charge in [-0.2, -0.15) is 0 Å². The van der Waals surface area contributed by atoms with Gasteiger partial charge in [-0.3, -0.25) is 4.79 Å². The van der Waals surface area contributed by atoms with E-state index in [4.69, 9.17) is 21.0 Å². The predicted octanol–water partition coefficient (Wildman–Crippen LogP) is 6.43. The van der Waals surface area contributed by atoms with E-state index in [0.717, 1.165) is 16.9 Å². The molecule has 0 saturated carbocycles. The number of benzene rings is 2. The van der Waals surface area contributed by atoms with Gasteiger partial charge < -0.3 is 14.6 Å². The van der Waals surface area contributed by atoms with Gasteiger partial charge in [0.15, 0.2) is 5.13 Å². The maximum Gasteiger partial charge on any atom is 0.243 e. The Hall–Kier alpha value is -3.16. The average Bonchev–Trinajstić information content (AvgIpc) is 3.49. The molecule has 4 rings (SSSR count). The number of hydrogen-bond donors (Lipinski definition) is 1. The number of hydrogen-bond acceptors (Lipinski definition) is 5. The minimum Gasteiger partial charge on any atom is -0.467 e. The molecule has 0 radical (unpaired) electrons. The molecule has 0 fully saturated rings. The number of anilines is 2. The Labute approximate surface area is 194 Å². The number of carbonyl (C=O) groups excluding carboxylic acids is 1. The van der Waals surface area contributed by atoms with Crippen molar-refractivity contribution in [3.63, 3.8) is 0 Å². The summed E-state index contributed by atoms with van der Waals surface area (Å²) in [4.78, 5) is 19.8. The highest BCUT2D eigenvalue weighted by Gasteiger charge is 2.28. The summed E-state index contributed by atoms with van der Waals surface area (Å²) in [6.07, 6.45) is 2.13. The number of nitrogens with zero attached hydrogens (tertiary/aromatic N) is 2. The molecule has 0 unspecified atom stereocenters. The molecule has 4 aromatic rings. The fourth-order valence-electron chi connectivity index (χ4n) is 3.34. The highest BCUT2D eigenvalue weighted by molar-refractivity contribution is 7.14. The number of furan rings is 1. The van der Waals surface area contributed by atoms with Crippen LogP contribution in [0.3, 0.4) is 0 Å². The second kappa shape index (κ2) is 9.97. The molecule has 5 nitrogen and oxygen atoms in total. The monoisotopic (exact) mass is 469 g/mol. The SMILES string of the molecule is CC[C@@H](C(=O)NCc1ccco1)N(c1ccc(Cl)cc1)c1nc(-c2ccc(F)cc2)cs1. The molecule has 2 heterocycles. The van der Waals surface area contributed by atoms with Crippen LogP contribution in [0.5, 0.6) is 0 Å². The number of thiazole rings is 1. The standard InChI is InChI=1S/C24H21ClFN3O2S/c1-2-22(23(30)27-14-20-4-3-13-31-20)29(19-11-7-17(25)8-12-19)24-28-21(15-32-24)16-5-9-18(26)10-6-16/h3-13,15,22H,2,14H2,1H3,(H,27,30)/t22-/m0/s1. The van der Waals surface area contributed by atoms with Crippen LogP contribution in [-0.4, -0.2) is 16.9 Å². The van der Waals surface area contributed by atoms with Crippen molar-refractivity contribution in [1.82, 2.24) is 10.3 Å². The van der Waals surface area contributed by atoms with Crippen molar-refractivity contribution in [3.05, 3.63) is 88.9 Å². The van der Waals surface area contributed by atoms with E-state index in [-0.39, 0.29) is 11.7 Å². The third-order valence-electron chi connectivity index (χ3n) is 4.96. The first-order chi connectivity index (χ1) is 15.5. The zero-order valence-electron chi connectivity index (χ0n) is 17.3. The lowest BCUT2D eigenvalue weighted by Crippen LogP contribution is -2.44. The highest BCUT2D eigenvalue weighted by Crippen LogP contribution is 2.35. The van der Waals surface area contributed by atoms with Crippen LogP contribution in [0.25, 0.3) is 11.3 Å². The molecular formula is C24H21ClFN3O2S. The molecule has 1 atom stereocenters. The van der Waals surface area contributed by atoms with Gasteiger partial charge in [0.25, 0.3) is 0 Å². The lowest BCUT2D eigenvalue weighted by Gasteiger charge is -2.30. The number of rotatable bonds is 8. The molecule has 0 aliphatic rings. The Morgan fingerprint density at radius 3 is 2.59 bits per heavy atom. The summed E-state index contributed by atoms with van der Waals surface area (Å²) in [5.74, 6) is 0.239. The van der Waals surface area contributed by atoms with E-state index in [9.17, 15) is 9.18 Å². The van der Waals surface area contributed by atoms with Crippen molar-refractivity contribution < 1.29 is 13.6 Å². The Morgan fingerprint density at radius 2 is 1.94 bits per heavy atom. The minimum absolute atomic E-state index is 0.141. The molecule has 2 aromatic carbocycles. The van der Waals surface area contributed by atoms with Crippen molar-refractivity contribution in [2.45, 2.75) is 25.9 Å². The molecule has 164 valence electrons. The van der Waals surface area contributed by atoms with Gasteiger partial charge in [0.2, 0.25) is 5.91 Å². The first kappa shape index (κ1) is 22.0. The number of carbonyl (C=O) groups is 1. The third kappa shape index (κ3) is 5.00. The highest BCUT2D eigenvalue weighted by atomic mass is 35.5. The Kier molecular flexibility index (Phi) is 6.87. The van der Waals surface area contributed by atoms with Crippen molar-refractivity contribution >= 4 is 39.7 Å². The molecule has 0 bridgehead atoms. The topological polar surface area (TPSA) is 58.4 Å². The zero-order valence-corrected chi connectivity index (χ0v) is 18.9. The smallest absolute Gasteiger partial charge is 0.243 e. The van der Waals surface area contributed by atoms with E-state index < -0.39 is 6.04 Å². The van der Waals surface area contributed by atoms with Gasteiger partial charge in [0, 0.05) is 21.7 Å². The largest absolute Gasteiger partial charge is 0.467 e. The minimum atomic E-state index is -0.502. The third-order valence-corrected chi connectivity index (χ3v) is 6.05. The normalized spacial score (nSPS) is 11.8. The van der Waals surface area contributed by atoms with Gasteiger partial charge in [-0.1, -0.05) is 18.5 Å². The lowest BCUT2D eigenvalue weighted by molar-refractivity contribution is -0.122. The summed E-state index contributed by atoms with van der Waals surface area (Å²) in [6.45, 7) is 2.25. The quantitative estimate of drug-likeness (QED) is 0.323. The second-order valence-electron chi connectivity index (χ2n) is 7.09. The predicted molar refractivity (Wildman–Crippen MR) is 126 cm³/mol. The van der Waals surface area contributed by atoms with Crippen molar-refractivity contribution in [3.8, 4) is 11.3 Å². The molecule has 0 aliphatic carbocycles. The van der Waals surface area contributed by atoms with Gasteiger partial charge in [-0.05, 0) is 67.1 Å². The molecule has 1 N–H and O–H groups in total. The van der Waals surface area contributed by atoms with Gasteiger partial charge in [0.05, 0.1) is 18.5 Å². The first-order valence-electron chi connectivity index (χ1n) is 10.1. The van der Waals surface area contributed by atoms with E-state index in [0.29, 0.717) is 28.9 Å². The second-order valence-corrected chi connectivity index (χ2v) is 8.36. The zero-order chi connectivity index (χ0) is 22.5. The van der Waals surface area contributed by atoms with E-state index in [1.165, 1.54) is 23.5 Å². The van der Waals surface area contributed by atoms with Crippen LogP contribution >= 0.6 is 22.9 Å². The van der Waals surface area contributed by atoms with Crippen LogP contribution in [0.2, 0.25) is 5.02 Å². The van der Waals surface area contributed by atoms with E-state index in [1.807, 2.05) is 35.4 Å². The first-order valence-corrected chi connectivity index (χ1v) is 11.4. The van der Waals surface area contributed by atoms with Crippen LogP contribution < -0.4 is 10.2 Å². The maximum absolute atomic E-state index is 13.3. The number of aromatic nitrogens is 1. The van der Waals surface area contributed by atoms with Crippen molar-refractivity contribution in [2.24, 2.45) is 0 Å². The van der Waals surface area contributed by atoms with E-state index in [1.54, 1.807) is 36.6 Å². The van der Waals surface area contributed by atoms with E-state index in [2.05, 4.69) is 5.32 Å². The Balaban J connectivity index is 1.66. The summed E-state index contributed by atoms with van der Waals surface area (Å²) in [5.41, 5.74) is 2.32. The maximum atomic E-state index is 13.3. The average molecular weight is 470 g/mol. The molecule has 8 heteroatoms. The van der Waals surface area contributed by atoms with Gasteiger partial charge in [-0.15, -0.1) is 11.3 Å². The van der Waals surface area contributed by atoms with Gasteiger partial charge >= 0.3 is 0 Å². The number of nitrogens with one attached hydrogen (secondary N) is 1. The van der Waals surface area contributed by atoms with Crippen LogP contribution in [-0.2, 0) is 11.3 Å². The Bertz CT molecular complexity index is 1160. The van der Waals surface area contributed by atoms with Crippen LogP contribution in [0.4, 0.5) is 15.2 Å². The molecule has 0 spiro atoms. The summed E-state index contributed by atoms with van der Waals surface area (Å²) >= 11 is 7.51. The van der Waals surface area contributed by atoms with Crippen LogP contribution in [0, 0.1) is 5.82 Å². The summed E-state index contributed by atoms with van der Waals surface area (Å²) in [5, 5.41) is 6.11. The van der Waals surface area contributed by atoms with Gasteiger partial charge in [0.1, 0.15) is 17.6 Å². The van der Waals surface area contributed by atoms with E-state index >= 15 is 0 Å². The molecule has 0 saturated heterocycles. The Morgan fingerprint density at radius 1 is 1.19 bits per heavy atom. The summed E-state index contributed by atoms with van der Waals surface area (Å²) < 4.78 is 18.6. The van der Waals surface area contributed by atoms with Gasteiger partial charge in [-0.25, -0.2) is 9.37 Å². The molecule has 32 heavy (non-hydrogen) atoms. The summed E-state index contributed by atoms with van der Waals surface area (Å²) in [7, 11) is 0. The molecule has 0 aliphatic heterocycles. The molecule has 1 amide bonds. The summed E-state index contributed by atoms with van der Waals surface area (Å²) in [6, 6.07) is 16.6. The fourth-order valence-corrected chi connectivity index (χ4v) is 4.37. The molecular weight excluding hydrogens is 449 g/mol. The van der Waals surface area contributed by atoms with Crippen LogP contribution in [0.1, 0.15) is 19.1 Å². The lowest BCUT2D eigenvalue weighted by atomic mass is 10.1. The molecule has 2 aromatic heterocycles. The fraction of sp³-hybridized carbons (Fsp3) is 0.167. The number of halogens is 2. The number of amides is 1.